The van der Waals surface area contributed by atoms with Crippen LogP contribution in [0.4, 0.5) is 0 Å². The van der Waals surface area contributed by atoms with Crippen LogP contribution in [0.2, 0.25) is 0 Å². The minimum atomic E-state index is 0.298. The van der Waals surface area contributed by atoms with Gasteiger partial charge in [0.1, 0.15) is 0 Å². The first kappa shape index (κ1) is 20.0. The number of hydrogen-bond acceptors (Lipinski definition) is 4. The molecule has 5 heteroatoms. The normalized spacial score (nSPS) is 19.3. The molecule has 0 aromatic carbocycles. The van der Waals surface area contributed by atoms with Gasteiger partial charge in [-0.3, -0.25) is 10.4 Å². The Bertz CT molecular complexity index is 633. The summed E-state index contributed by atoms with van der Waals surface area (Å²) in [6, 6.07) is 0. The third-order valence-electron chi connectivity index (χ3n) is 4.39. The molecule has 26 heavy (non-hydrogen) atoms. The van der Waals surface area contributed by atoms with Gasteiger partial charge in [-0.05, 0) is 81.9 Å². The van der Waals surface area contributed by atoms with Crippen LogP contribution in [0.25, 0.3) is 0 Å². The molecular formula is C21H31N5. The molecule has 1 aliphatic carbocycles. The molecule has 3 N–H and O–H groups in total. The van der Waals surface area contributed by atoms with E-state index >= 15 is 0 Å². The molecule has 0 aromatic rings. The van der Waals surface area contributed by atoms with Crippen molar-refractivity contribution in [3.8, 4) is 0 Å². The lowest BCUT2D eigenvalue weighted by atomic mass is 10.1. The molecule has 0 atom stereocenters. The second kappa shape index (κ2) is 11.4. The van der Waals surface area contributed by atoms with Gasteiger partial charge >= 0.3 is 0 Å². The van der Waals surface area contributed by atoms with Gasteiger partial charge in [-0.2, -0.15) is 0 Å². The zero-order chi connectivity index (χ0) is 18.6. The Kier molecular flexibility index (Phi) is 8.76. The third kappa shape index (κ3) is 6.92. The summed E-state index contributed by atoms with van der Waals surface area (Å²) in [5.41, 5.74) is 2.90. The predicted octanol–water partition coefficient (Wildman–Crippen LogP) is 3.78. The van der Waals surface area contributed by atoms with Crippen molar-refractivity contribution in [3.63, 3.8) is 0 Å². The average Bonchev–Trinajstić information content (AvgIpc) is 3.35. The number of nitrogens with zero attached hydrogens (tertiary/aromatic N) is 2. The summed E-state index contributed by atoms with van der Waals surface area (Å²) >= 11 is 0. The molecule has 1 heterocycles. The van der Waals surface area contributed by atoms with E-state index in [1.54, 1.807) is 6.20 Å². The number of unbranched alkanes of at least 4 members (excludes halogenated alkanes) is 2. The monoisotopic (exact) mass is 353 g/mol. The highest BCUT2D eigenvalue weighted by molar-refractivity contribution is 6.11. The summed E-state index contributed by atoms with van der Waals surface area (Å²) in [6.07, 6.45) is 17.4. The maximum absolute atomic E-state index is 8.47. The Morgan fingerprint density at radius 2 is 2.23 bits per heavy atom. The molecule has 2 rings (SSSR count). The third-order valence-corrected chi connectivity index (χ3v) is 4.39. The van der Waals surface area contributed by atoms with Crippen LogP contribution < -0.4 is 10.6 Å². The number of hydrogen-bond donors (Lipinski definition) is 3. The molecule has 0 amide bonds. The summed E-state index contributed by atoms with van der Waals surface area (Å²) in [6.45, 7) is 8.45. The number of allylic oxidation sites excluding steroid dienone is 2. The Balaban J connectivity index is 2.01. The summed E-state index contributed by atoms with van der Waals surface area (Å²) in [5.74, 6) is 0.810. The average molecular weight is 354 g/mol. The van der Waals surface area contributed by atoms with Crippen molar-refractivity contribution in [3.05, 3.63) is 47.9 Å². The maximum Gasteiger partial charge on any atom is 0.152 e. The molecule has 2 aliphatic rings. The van der Waals surface area contributed by atoms with Gasteiger partial charge in [0.15, 0.2) is 5.84 Å². The van der Waals surface area contributed by atoms with Crippen LogP contribution in [0, 0.1) is 11.3 Å². The standard InChI is InChI=1S/C21H31N5/c1-3-24-13-7-5-4-6-8-20(17-9-10-17)26-21(22)19(12-14-23-2)18-11-15-25-16-18/h6,8,11-12,14-15,17,22,24-25H,2-5,7,9-10,13,16H2,1H3/b8-6+,14-12-,19-18+,22-21?,26-20+. The van der Waals surface area contributed by atoms with Crippen molar-refractivity contribution in [2.45, 2.75) is 39.0 Å². The lowest BCUT2D eigenvalue weighted by Crippen LogP contribution is -2.13. The fourth-order valence-electron chi connectivity index (χ4n) is 2.76. The SMILES string of the molecule is C=N/C=C\C(C(=N)/N=C(\C=C\CCCCNCC)C1CC1)=C1\C=CNC1. The molecule has 0 saturated heterocycles. The summed E-state index contributed by atoms with van der Waals surface area (Å²) in [7, 11) is 0. The zero-order valence-corrected chi connectivity index (χ0v) is 15.8. The highest BCUT2D eigenvalue weighted by Crippen LogP contribution is 2.31. The largest absolute Gasteiger partial charge is 0.387 e. The molecule has 1 aliphatic heterocycles. The van der Waals surface area contributed by atoms with Crippen molar-refractivity contribution in [1.29, 1.82) is 5.41 Å². The fourth-order valence-corrected chi connectivity index (χ4v) is 2.76. The number of nitrogens with one attached hydrogen (secondary N) is 3. The van der Waals surface area contributed by atoms with E-state index in [1.165, 1.54) is 25.7 Å². The second-order valence-electron chi connectivity index (χ2n) is 6.56. The molecule has 0 bridgehead atoms. The van der Waals surface area contributed by atoms with Crippen molar-refractivity contribution in [1.82, 2.24) is 10.6 Å². The van der Waals surface area contributed by atoms with E-state index in [-0.39, 0.29) is 0 Å². The van der Waals surface area contributed by atoms with Crippen LogP contribution in [0.1, 0.15) is 39.0 Å². The number of amidine groups is 1. The first-order chi connectivity index (χ1) is 12.8. The van der Waals surface area contributed by atoms with Crippen LogP contribution in [0.3, 0.4) is 0 Å². The zero-order valence-electron chi connectivity index (χ0n) is 15.8. The molecule has 5 nitrogen and oxygen atoms in total. The summed E-state index contributed by atoms with van der Waals surface area (Å²) < 4.78 is 0. The molecule has 0 aromatic heterocycles. The maximum atomic E-state index is 8.47. The van der Waals surface area contributed by atoms with Crippen LogP contribution in [-0.4, -0.2) is 37.9 Å². The van der Waals surface area contributed by atoms with Crippen LogP contribution in [0.15, 0.2) is 57.8 Å². The van der Waals surface area contributed by atoms with E-state index in [1.807, 2.05) is 18.4 Å². The smallest absolute Gasteiger partial charge is 0.152 e. The summed E-state index contributed by atoms with van der Waals surface area (Å²) in [5, 5.41) is 15.0. The molecule has 1 fully saturated rings. The molecular weight excluding hydrogens is 322 g/mol. The van der Waals surface area contributed by atoms with E-state index in [0.717, 1.165) is 42.9 Å². The Morgan fingerprint density at radius 3 is 2.88 bits per heavy atom. The molecule has 140 valence electrons. The van der Waals surface area contributed by atoms with Gasteiger partial charge in [-0.1, -0.05) is 13.0 Å². The van der Waals surface area contributed by atoms with Gasteiger partial charge in [0.2, 0.25) is 0 Å². The predicted molar refractivity (Wildman–Crippen MR) is 112 cm³/mol. The molecule has 1 saturated carbocycles. The topological polar surface area (TPSA) is 72.6 Å². The van der Waals surface area contributed by atoms with Gasteiger partial charge in [0.25, 0.3) is 0 Å². The van der Waals surface area contributed by atoms with Crippen molar-refractivity contribution in [2.24, 2.45) is 15.9 Å². The van der Waals surface area contributed by atoms with Crippen molar-refractivity contribution >= 4 is 18.3 Å². The van der Waals surface area contributed by atoms with Crippen LogP contribution >= 0.6 is 0 Å². The van der Waals surface area contributed by atoms with Crippen molar-refractivity contribution < 1.29 is 0 Å². The molecule has 0 spiro atoms. The Hall–Kier alpha value is -2.27. The van der Waals surface area contributed by atoms with Gasteiger partial charge in [-0.25, -0.2) is 4.99 Å². The minimum absolute atomic E-state index is 0.298. The lowest BCUT2D eigenvalue weighted by molar-refractivity contribution is 0.646. The highest BCUT2D eigenvalue weighted by atomic mass is 14.9. The Morgan fingerprint density at radius 1 is 1.38 bits per heavy atom. The van der Waals surface area contributed by atoms with Crippen molar-refractivity contribution in [2.75, 3.05) is 19.6 Å². The fraction of sp³-hybridized carbons (Fsp3) is 0.476. The van der Waals surface area contributed by atoms with Crippen LogP contribution in [0.5, 0.6) is 0 Å². The quantitative estimate of drug-likeness (QED) is 0.300. The number of rotatable bonds is 11. The van der Waals surface area contributed by atoms with Gasteiger partial charge in [-0.15, -0.1) is 0 Å². The van der Waals surface area contributed by atoms with Gasteiger partial charge < -0.3 is 10.6 Å². The van der Waals surface area contributed by atoms with Crippen LogP contribution in [-0.2, 0) is 0 Å². The van der Waals surface area contributed by atoms with Gasteiger partial charge in [0, 0.05) is 29.9 Å². The number of aliphatic imine (C=N–C) groups is 2. The minimum Gasteiger partial charge on any atom is -0.387 e. The van der Waals surface area contributed by atoms with E-state index < -0.39 is 0 Å². The first-order valence-electron chi connectivity index (χ1n) is 9.56. The Labute approximate surface area is 157 Å². The molecule has 0 unspecified atom stereocenters. The first-order valence-corrected chi connectivity index (χ1v) is 9.56. The second-order valence-corrected chi connectivity index (χ2v) is 6.56. The van der Waals surface area contributed by atoms with E-state index in [2.05, 4.69) is 46.4 Å². The van der Waals surface area contributed by atoms with Gasteiger partial charge in [0.05, 0.1) is 0 Å². The van der Waals surface area contributed by atoms with E-state index in [9.17, 15) is 0 Å². The van der Waals surface area contributed by atoms with E-state index in [4.69, 9.17) is 5.41 Å². The van der Waals surface area contributed by atoms with E-state index in [0.29, 0.717) is 11.8 Å². The molecule has 0 radical (unpaired) electrons. The lowest BCUT2D eigenvalue weighted by Gasteiger charge is -2.06. The highest BCUT2D eigenvalue weighted by Gasteiger charge is 2.26. The summed E-state index contributed by atoms with van der Waals surface area (Å²) in [4.78, 5) is 8.43.